The van der Waals surface area contributed by atoms with Gasteiger partial charge in [0, 0.05) is 120 Å². The van der Waals surface area contributed by atoms with Crippen molar-refractivity contribution < 1.29 is 43.0 Å². The normalized spacial score (nSPS) is 14.7. The summed E-state index contributed by atoms with van der Waals surface area (Å²) in [4.78, 5) is 137. The van der Waals surface area contributed by atoms with Crippen LogP contribution >= 0.6 is 34.0 Å². The predicted octanol–water partition coefficient (Wildman–Crippen LogP) is 12.4. The van der Waals surface area contributed by atoms with Gasteiger partial charge in [-0.1, -0.05) is 116 Å². The first-order chi connectivity index (χ1) is 52.3. The van der Waals surface area contributed by atoms with Crippen LogP contribution in [0, 0.1) is 0 Å². The summed E-state index contributed by atoms with van der Waals surface area (Å²) >= 11 is 4.30. The van der Waals surface area contributed by atoms with Crippen LogP contribution in [0.15, 0.2) is 195 Å². The van der Waals surface area contributed by atoms with Gasteiger partial charge in [0.15, 0.2) is 0 Å². The molecule has 4 aromatic carbocycles. The third-order valence-electron chi connectivity index (χ3n) is 19.9. The third kappa shape index (κ3) is 16.1. The van der Waals surface area contributed by atoms with Crippen molar-refractivity contribution in [1.29, 1.82) is 0 Å². The molecule has 25 heteroatoms. The molecule has 0 radical (unpaired) electrons. The number of hydrogen-bond donors (Lipinski definition) is 0. The Morgan fingerprint density at radius 1 is 0.402 bits per heavy atom. The van der Waals surface area contributed by atoms with Crippen LogP contribution in [0.4, 0.5) is 17.1 Å². The first-order valence-electron chi connectivity index (χ1n) is 36.4. The Bertz CT molecular complexity index is 5170. The number of aryl methyl sites for hydroxylation is 2. The van der Waals surface area contributed by atoms with Gasteiger partial charge in [-0.25, -0.2) is 14.4 Å². The van der Waals surface area contributed by atoms with Gasteiger partial charge < -0.3 is 57.3 Å². The zero-order valence-corrected chi connectivity index (χ0v) is 62.5. The van der Waals surface area contributed by atoms with Crippen LogP contribution in [0.1, 0.15) is 124 Å². The maximum atomic E-state index is 13.9. The highest BCUT2D eigenvalue weighted by Crippen LogP contribution is 2.38. The SMILES string of the molecule is CCOC(=O)c1c(N2CCN(C(=O)c3cccs3)CC2)c2ccccc2n(C2CCCC2)c1=O.CCOC(=O)c1c(N2CCN(C(=O)c3cccs3)CC2)c2ccccc2n(CCc2ccccc2)c1=O.CCOC(=O)c1c(N2CCN(C(=O)c3cccs3)CC2)c2ccccc2n(Cc2ccncc2)c1=O. The van der Waals surface area contributed by atoms with Crippen LogP contribution in [0.5, 0.6) is 0 Å². The number of para-hydroxylation sites is 3. The molecule has 22 nitrogen and oxygen atoms in total. The molecule has 4 fully saturated rings. The Morgan fingerprint density at radius 2 is 0.766 bits per heavy atom. The Kier molecular flexibility index (Phi) is 23.9. The lowest BCUT2D eigenvalue weighted by Crippen LogP contribution is -2.49. The highest BCUT2D eigenvalue weighted by atomic mass is 32.1. The Morgan fingerprint density at radius 3 is 1.17 bits per heavy atom. The summed E-state index contributed by atoms with van der Waals surface area (Å²) in [6.07, 6.45) is 8.07. The van der Waals surface area contributed by atoms with Crippen LogP contribution in [-0.2, 0) is 33.7 Å². The van der Waals surface area contributed by atoms with Gasteiger partial charge in [-0.2, -0.15) is 0 Å². The molecular formula is C82H84N10O12S3. The molecule has 7 aromatic heterocycles. The molecule has 0 spiro atoms. The largest absolute Gasteiger partial charge is 0.462 e. The topological polar surface area (TPSA) is 228 Å². The van der Waals surface area contributed by atoms with Gasteiger partial charge in [0.2, 0.25) is 0 Å². The molecule has 3 saturated heterocycles. The predicted molar refractivity (Wildman–Crippen MR) is 421 cm³/mol. The van der Waals surface area contributed by atoms with E-state index in [9.17, 15) is 43.2 Å². The summed E-state index contributed by atoms with van der Waals surface area (Å²) in [6, 6.07) is 48.1. The second-order valence-corrected chi connectivity index (χ2v) is 29.0. The summed E-state index contributed by atoms with van der Waals surface area (Å²) in [6.45, 7) is 12.7. The number of anilines is 3. The summed E-state index contributed by atoms with van der Waals surface area (Å²) in [5, 5.41) is 8.20. The maximum Gasteiger partial charge on any atom is 0.345 e. The van der Waals surface area contributed by atoms with Crippen molar-refractivity contribution in [3.8, 4) is 0 Å². The van der Waals surface area contributed by atoms with E-state index in [-0.39, 0.29) is 71.4 Å². The van der Waals surface area contributed by atoms with Crippen molar-refractivity contribution in [1.82, 2.24) is 33.4 Å². The number of aromatic nitrogens is 4. The summed E-state index contributed by atoms with van der Waals surface area (Å²) in [5.74, 6) is -1.77. The highest BCUT2D eigenvalue weighted by molar-refractivity contribution is 7.12. The lowest BCUT2D eigenvalue weighted by Gasteiger charge is -2.37. The molecule has 0 unspecified atom stereocenters. The maximum absolute atomic E-state index is 13.9. The molecule has 0 N–H and O–H groups in total. The number of esters is 3. The molecule has 107 heavy (non-hydrogen) atoms. The lowest BCUT2D eigenvalue weighted by atomic mass is 10.0. The van der Waals surface area contributed by atoms with Crippen molar-refractivity contribution >= 4 is 119 Å². The molecule has 0 atom stereocenters. The number of carbonyl (C=O) groups is 6. The molecule has 0 bridgehead atoms. The van der Waals surface area contributed by atoms with E-state index in [1.54, 1.807) is 42.3 Å². The van der Waals surface area contributed by atoms with Crippen molar-refractivity contribution in [2.24, 2.45) is 0 Å². The zero-order valence-electron chi connectivity index (χ0n) is 60.1. The number of nitrogens with zero attached hydrogens (tertiary/aromatic N) is 10. The van der Waals surface area contributed by atoms with Crippen LogP contribution in [-0.4, -0.2) is 167 Å². The average molecular weight is 1500 g/mol. The van der Waals surface area contributed by atoms with Gasteiger partial charge in [-0.05, 0) is 116 Å². The first-order valence-corrected chi connectivity index (χ1v) is 39.1. The number of thiophene rings is 3. The summed E-state index contributed by atoms with van der Waals surface area (Å²) < 4.78 is 21.2. The van der Waals surface area contributed by atoms with Gasteiger partial charge in [0.25, 0.3) is 34.4 Å². The fraction of sp³-hybridized carbons (Fsp3) is 0.317. The molecule has 15 rings (SSSR count). The monoisotopic (exact) mass is 1500 g/mol. The molecule has 4 aliphatic rings. The third-order valence-corrected chi connectivity index (χ3v) is 22.5. The fourth-order valence-electron chi connectivity index (χ4n) is 14.8. The number of fused-ring (bicyclic) bond motifs is 3. The van der Waals surface area contributed by atoms with Gasteiger partial charge >= 0.3 is 17.9 Å². The van der Waals surface area contributed by atoms with Crippen LogP contribution in [0.25, 0.3) is 32.7 Å². The van der Waals surface area contributed by atoms with Gasteiger partial charge in [0.1, 0.15) is 16.7 Å². The zero-order chi connectivity index (χ0) is 74.5. The van der Waals surface area contributed by atoms with Gasteiger partial charge in [0.05, 0.1) is 74.6 Å². The summed E-state index contributed by atoms with van der Waals surface area (Å²) in [5.41, 5.74) is 5.40. The van der Waals surface area contributed by atoms with E-state index in [2.05, 4.69) is 14.8 Å². The van der Waals surface area contributed by atoms with Gasteiger partial charge in [-0.3, -0.25) is 33.8 Å². The minimum absolute atomic E-state index is 0.00731. The number of piperazine rings is 3. The first kappa shape index (κ1) is 74.3. The highest BCUT2D eigenvalue weighted by Gasteiger charge is 2.36. The standard InChI is InChI=1S/C29H29N3O4S.C27H26N4O4S.C26H29N3O4S/c1-2-36-29(35)25-26(30-16-18-31(19-17-30)27(33)24-13-8-20-37-24)22-11-6-7-12-23(22)32(28(25)34)15-14-21-9-4-3-5-10-21;1-2-35-27(34)23-24(29-13-15-30(16-14-29)25(32)22-8-5-17-36-22)20-6-3-4-7-21(20)31(26(23)33)18-19-9-11-28-12-10-19;1-2-33-26(32)22-23(27-13-15-28(16-14-27)24(30)21-12-7-17-34-21)19-10-5-6-11-20(19)29(25(22)31)18-8-3-4-9-18/h3-13,20H,2,14-19H2,1H3;3-12,17H,2,13-16,18H2,1H3;5-7,10-12,17-18H,2-4,8-9,13-16H2,1H3. The average Bonchev–Trinajstić information content (AvgIpc) is 1.38. The van der Waals surface area contributed by atoms with E-state index >= 15 is 0 Å². The Balaban J connectivity index is 0.000000142. The van der Waals surface area contributed by atoms with E-state index in [1.165, 1.54) is 34.0 Å². The fourth-order valence-corrected chi connectivity index (χ4v) is 16.9. The minimum atomic E-state index is -0.635. The molecular weight excluding hydrogens is 1410 g/mol. The summed E-state index contributed by atoms with van der Waals surface area (Å²) in [7, 11) is 0. The van der Waals surface area contributed by atoms with E-state index < -0.39 is 23.5 Å². The number of hydrogen-bond acceptors (Lipinski definition) is 19. The smallest absolute Gasteiger partial charge is 0.345 e. The van der Waals surface area contributed by atoms with Crippen molar-refractivity contribution in [3.63, 3.8) is 0 Å². The van der Waals surface area contributed by atoms with E-state index in [4.69, 9.17) is 14.2 Å². The van der Waals surface area contributed by atoms with Crippen LogP contribution < -0.4 is 31.4 Å². The van der Waals surface area contributed by atoms with Crippen LogP contribution in [0.2, 0.25) is 0 Å². The lowest BCUT2D eigenvalue weighted by molar-refractivity contribution is 0.0514. The second-order valence-electron chi connectivity index (χ2n) is 26.2. The molecule has 10 heterocycles. The van der Waals surface area contributed by atoms with Crippen molar-refractivity contribution in [2.75, 3.05) is 113 Å². The number of benzene rings is 4. The molecule has 3 aliphatic heterocycles. The number of carbonyl (C=O) groups excluding carboxylic acids is 6. The number of pyridine rings is 4. The second kappa shape index (κ2) is 34.5. The molecule has 1 aliphatic carbocycles. The number of rotatable bonds is 18. The van der Waals surface area contributed by atoms with E-state index in [0.717, 1.165) is 74.4 Å². The number of amides is 3. The molecule has 3 amide bonds. The minimum Gasteiger partial charge on any atom is -0.462 e. The van der Waals surface area contributed by atoms with Gasteiger partial charge in [-0.15, -0.1) is 34.0 Å². The van der Waals surface area contributed by atoms with E-state index in [0.29, 0.717) is 125 Å². The molecule has 11 aromatic rings. The van der Waals surface area contributed by atoms with Crippen molar-refractivity contribution in [2.45, 2.75) is 72.0 Å². The van der Waals surface area contributed by atoms with Crippen molar-refractivity contribution in [3.05, 3.63) is 254 Å². The molecule has 1 saturated carbocycles. The van der Waals surface area contributed by atoms with E-state index in [1.807, 2.05) is 192 Å². The molecule has 552 valence electrons. The quantitative estimate of drug-likeness (QED) is 0.0574. The Labute approximate surface area is 630 Å². The van der Waals surface area contributed by atoms with Crippen LogP contribution in [0.3, 0.4) is 0 Å². The number of ether oxygens (including phenoxy) is 3. The Hall–Kier alpha value is -11.0.